The summed E-state index contributed by atoms with van der Waals surface area (Å²) in [6, 6.07) is 3.47. The Morgan fingerprint density at radius 3 is 2.52 bits per heavy atom. The van der Waals surface area contributed by atoms with E-state index in [4.69, 9.17) is 23.2 Å². The fourth-order valence-corrected chi connectivity index (χ4v) is 3.45. The van der Waals surface area contributed by atoms with Crippen molar-refractivity contribution < 1.29 is 22.8 Å². The number of dihydropyridines is 1. The minimum Gasteiger partial charge on any atom is -0.365 e. The first-order valence-corrected chi connectivity index (χ1v) is 9.57. The molecule has 2 heterocycles. The Labute approximate surface area is 184 Å². The Morgan fingerprint density at radius 2 is 1.90 bits per heavy atom. The smallest absolute Gasteiger partial charge is 0.365 e. The molecule has 1 aliphatic rings. The summed E-state index contributed by atoms with van der Waals surface area (Å²) in [4.78, 5) is 25.2. The molecule has 0 bridgehead atoms. The molecule has 7 nitrogen and oxygen atoms in total. The summed E-state index contributed by atoms with van der Waals surface area (Å²) in [5.41, 5.74) is -1.08. The van der Waals surface area contributed by atoms with Crippen molar-refractivity contribution in [1.29, 1.82) is 0 Å². The third-order valence-electron chi connectivity index (χ3n) is 4.38. The molecule has 3 rings (SSSR count). The SMILES string of the molecule is CNC(=O)c1cc(Cl)cc(C)c1NC(=O)c1cc(C(F)(F)F)nn1C1NC=CC=C1Cl. The van der Waals surface area contributed by atoms with E-state index in [1.54, 1.807) is 13.0 Å². The topological polar surface area (TPSA) is 88.1 Å². The second-order valence-electron chi connectivity index (χ2n) is 6.52. The number of carbonyl (C=O) groups is 2. The predicted octanol–water partition coefficient (Wildman–Crippen LogP) is 4.21. The maximum Gasteiger partial charge on any atom is 0.435 e. The van der Waals surface area contributed by atoms with E-state index >= 15 is 0 Å². The van der Waals surface area contributed by atoms with Crippen molar-refractivity contribution in [1.82, 2.24) is 20.4 Å². The molecule has 2 aromatic rings. The van der Waals surface area contributed by atoms with Gasteiger partial charge in [-0.1, -0.05) is 23.2 Å². The third kappa shape index (κ3) is 4.70. The van der Waals surface area contributed by atoms with Gasteiger partial charge < -0.3 is 16.0 Å². The summed E-state index contributed by atoms with van der Waals surface area (Å²) in [7, 11) is 1.39. The molecule has 1 aromatic heterocycles. The Morgan fingerprint density at radius 1 is 1.19 bits per heavy atom. The number of hydrogen-bond acceptors (Lipinski definition) is 4. The van der Waals surface area contributed by atoms with Crippen molar-refractivity contribution >= 4 is 40.7 Å². The monoisotopic (exact) mass is 473 g/mol. The summed E-state index contributed by atoms with van der Waals surface area (Å²) in [6.45, 7) is 1.60. The number of allylic oxidation sites excluding steroid dienone is 2. The quantitative estimate of drug-likeness (QED) is 0.620. The van der Waals surface area contributed by atoms with Gasteiger partial charge in [-0.15, -0.1) is 0 Å². The molecule has 0 saturated carbocycles. The summed E-state index contributed by atoms with van der Waals surface area (Å²) in [5, 5.41) is 11.6. The molecule has 1 aromatic carbocycles. The number of nitrogens with zero attached hydrogens (tertiary/aromatic N) is 2. The number of aromatic nitrogens is 2. The molecule has 0 aliphatic carbocycles. The zero-order valence-corrected chi connectivity index (χ0v) is 17.7. The zero-order valence-electron chi connectivity index (χ0n) is 16.1. The van der Waals surface area contributed by atoms with Crippen LogP contribution in [0.25, 0.3) is 0 Å². The summed E-state index contributed by atoms with van der Waals surface area (Å²) < 4.78 is 40.7. The van der Waals surface area contributed by atoms with Crippen LogP contribution in [-0.4, -0.2) is 28.6 Å². The molecular formula is C19H16Cl2F3N5O2. The number of carbonyl (C=O) groups excluding carboxylic acids is 2. The van der Waals surface area contributed by atoms with Gasteiger partial charge in [-0.25, -0.2) is 4.68 Å². The fourth-order valence-electron chi connectivity index (χ4n) is 2.94. The van der Waals surface area contributed by atoms with Gasteiger partial charge in [-0.2, -0.15) is 18.3 Å². The van der Waals surface area contributed by atoms with Gasteiger partial charge >= 0.3 is 6.18 Å². The second-order valence-corrected chi connectivity index (χ2v) is 7.39. The number of aryl methyl sites for hydroxylation is 1. The highest BCUT2D eigenvalue weighted by Crippen LogP contribution is 2.32. The van der Waals surface area contributed by atoms with E-state index in [2.05, 4.69) is 21.0 Å². The molecular weight excluding hydrogens is 458 g/mol. The van der Waals surface area contributed by atoms with Crippen LogP contribution < -0.4 is 16.0 Å². The molecule has 1 atom stereocenters. The molecule has 0 fully saturated rings. The number of hydrogen-bond donors (Lipinski definition) is 3. The maximum absolute atomic E-state index is 13.3. The van der Waals surface area contributed by atoms with Crippen LogP contribution in [0.15, 0.2) is 41.6 Å². The lowest BCUT2D eigenvalue weighted by Gasteiger charge is -2.22. The highest BCUT2D eigenvalue weighted by atomic mass is 35.5. The number of halogens is 5. The van der Waals surface area contributed by atoms with Crippen LogP contribution >= 0.6 is 23.2 Å². The van der Waals surface area contributed by atoms with Crippen molar-refractivity contribution in [2.45, 2.75) is 19.3 Å². The number of nitrogens with one attached hydrogen (secondary N) is 3. The van der Waals surface area contributed by atoms with E-state index in [-0.39, 0.29) is 21.3 Å². The molecule has 0 spiro atoms. The second kappa shape index (κ2) is 8.64. The maximum atomic E-state index is 13.3. The average molecular weight is 474 g/mol. The van der Waals surface area contributed by atoms with Crippen LogP contribution in [0.2, 0.25) is 5.02 Å². The molecule has 2 amide bonds. The van der Waals surface area contributed by atoms with Crippen molar-refractivity contribution in [3.63, 3.8) is 0 Å². The van der Waals surface area contributed by atoms with Gasteiger partial charge in [0.15, 0.2) is 11.9 Å². The number of anilines is 1. The standard InChI is InChI=1S/C19H16Cl2F3N5O2/c1-9-6-10(20)7-11(17(30)25-2)15(9)27-18(31)13-8-14(19(22,23)24)28-29(13)16-12(21)4-3-5-26-16/h3-8,16,26H,1-2H3,(H,25,30)(H,27,31). The lowest BCUT2D eigenvalue weighted by Crippen LogP contribution is -2.30. The number of alkyl halides is 3. The van der Waals surface area contributed by atoms with E-state index in [0.29, 0.717) is 11.6 Å². The van der Waals surface area contributed by atoms with Gasteiger partial charge in [0.25, 0.3) is 11.8 Å². The number of rotatable bonds is 4. The van der Waals surface area contributed by atoms with Crippen molar-refractivity contribution in [3.8, 4) is 0 Å². The summed E-state index contributed by atoms with van der Waals surface area (Å²) in [6.07, 6.45) is -1.33. The Balaban J connectivity index is 2.07. The van der Waals surface area contributed by atoms with Gasteiger partial charge in [0.2, 0.25) is 0 Å². The van der Waals surface area contributed by atoms with Gasteiger partial charge in [-0.3, -0.25) is 9.59 Å². The average Bonchev–Trinajstić information content (AvgIpc) is 3.15. The van der Waals surface area contributed by atoms with Crippen LogP contribution in [0.4, 0.5) is 18.9 Å². The van der Waals surface area contributed by atoms with Crippen LogP contribution in [-0.2, 0) is 6.18 Å². The molecule has 0 radical (unpaired) electrons. The van der Waals surface area contributed by atoms with Crippen molar-refractivity contribution in [3.05, 3.63) is 69.1 Å². The van der Waals surface area contributed by atoms with Gasteiger partial charge in [0.1, 0.15) is 5.69 Å². The number of amides is 2. The number of benzene rings is 1. The van der Waals surface area contributed by atoms with E-state index in [1.807, 2.05) is 0 Å². The van der Waals surface area contributed by atoms with Crippen molar-refractivity contribution in [2.75, 3.05) is 12.4 Å². The third-order valence-corrected chi connectivity index (χ3v) is 4.93. The van der Waals surface area contributed by atoms with Crippen LogP contribution in [0.5, 0.6) is 0 Å². The molecule has 31 heavy (non-hydrogen) atoms. The molecule has 12 heteroatoms. The van der Waals surface area contributed by atoms with E-state index < -0.39 is 35.5 Å². The molecule has 164 valence electrons. The zero-order chi connectivity index (χ0) is 22.9. The highest BCUT2D eigenvalue weighted by Gasteiger charge is 2.37. The molecule has 3 N–H and O–H groups in total. The Bertz CT molecular complexity index is 1110. The minimum atomic E-state index is -4.79. The summed E-state index contributed by atoms with van der Waals surface area (Å²) in [5.74, 6) is -1.45. The van der Waals surface area contributed by atoms with Crippen LogP contribution in [0, 0.1) is 6.92 Å². The van der Waals surface area contributed by atoms with Crippen molar-refractivity contribution in [2.24, 2.45) is 0 Å². The highest BCUT2D eigenvalue weighted by molar-refractivity contribution is 6.31. The molecule has 0 saturated heterocycles. The lowest BCUT2D eigenvalue weighted by atomic mass is 10.1. The molecule has 1 aliphatic heterocycles. The minimum absolute atomic E-state index is 0.0552. The summed E-state index contributed by atoms with van der Waals surface area (Å²) >= 11 is 12.1. The van der Waals surface area contributed by atoms with E-state index in [1.165, 1.54) is 31.5 Å². The van der Waals surface area contributed by atoms with Gasteiger partial charge in [-0.05, 0) is 43.0 Å². The van der Waals surface area contributed by atoms with Crippen LogP contribution in [0.3, 0.4) is 0 Å². The predicted molar refractivity (Wildman–Crippen MR) is 110 cm³/mol. The first-order chi connectivity index (χ1) is 14.5. The molecule has 1 unspecified atom stereocenters. The Kier molecular flexibility index (Phi) is 6.33. The Hall–Kier alpha value is -2.98. The van der Waals surface area contributed by atoms with E-state index in [9.17, 15) is 22.8 Å². The normalized spacial score (nSPS) is 15.8. The first kappa shape index (κ1) is 22.7. The lowest BCUT2D eigenvalue weighted by molar-refractivity contribution is -0.141. The van der Waals surface area contributed by atoms with Gasteiger partial charge in [0, 0.05) is 18.1 Å². The van der Waals surface area contributed by atoms with Crippen LogP contribution in [0.1, 0.15) is 38.3 Å². The van der Waals surface area contributed by atoms with E-state index in [0.717, 1.165) is 4.68 Å². The van der Waals surface area contributed by atoms with Gasteiger partial charge in [0.05, 0.1) is 16.3 Å². The largest absolute Gasteiger partial charge is 0.435 e. The fraction of sp³-hybridized carbons (Fsp3) is 0.211. The first-order valence-electron chi connectivity index (χ1n) is 8.81.